The minimum absolute atomic E-state index is 0.254. The maximum Gasteiger partial charge on any atom is 0.237 e. The number of carbonyl (C=O) groups is 1. The Bertz CT molecular complexity index is 926. The van der Waals surface area contributed by atoms with Gasteiger partial charge in [-0.25, -0.2) is 4.39 Å². The molecule has 1 aromatic heterocycles. The van der Waals surface area contributed by atoms with Crippen LogP contribution in [0.3, 0.4) is 0 Å². The predicted molar refractivity (Wildman–Crippen MR) is 104 cm³/mol. The molecule has 8 heteroatoms. The fraction of sp³-hybridized carbons (Fsp3) is 0.263. The number of hydrogen-bond donors (Lipinski definition) is 1. The number of benzene rings is 2. The third kappa shape index (κ3) is 4.71. The highest BCUT2D eigenvalue weighted by Gasteiger charge is 2.19. The van der Waals surface area contributed by atoms with Crippen LogP contribution in [0.15, 0.2) is 53.7 Å². The molecule has 0 spiro atoms. The van der Waals surface area contributed by atoms with E-state index in [4.69, 9.17) is 0 Å². The van der Waals surface area contributed by atoms with Gasteiger partial charge in [-0.15, -0.1) is 5.10 Å². The van der Waals surface area contributed by atoms with Crippen molar-refractivity contribution >= 4 is 23.4 Å². The van der Waals surface area contributed by atoms with Crippen molar-refractivity contribution in [3.63, 3.8) is 0 Å². The van der Waals surface area contributed by atoms with Gasteiger partial charge in [0.15, 0.2) is 0 Å². The van der Waals surface area contributed by atoms with Crippen LogP contribution < -0.4 is 5.32 Å². The highest BCUT2D eigenvalue weighted by atomic mass is 32.2. The number of aromatic nitrogens is 4. The van der Waals surface area contributed by atoms with Gasteiger partial charge < -0.3 is 5.32 Å². The van der Waals surface area contributed by atoms with Gasteiger partial charge in [-0.1, -0.05) is 43.8 Å². The van der Waals surface area contributed by atoms with Crippen LogP contribution in [0.1, 0.15) is 32.3 Å². The summed E-state index contributed by atoms with van der Waals surface area (Å²) in [5, 5.41) is 14.5. The number of thioether (sulfide) groups is 1. The molecule has 2 aromatic carbocycles. The number of nitrogens with zero attached hydrogens (tertiary/aromatic N) is 4. The molecule has 1 amide bonds. The molecule has 27 heavy (non-hydrogen) atoms. The van der Waals surface area contributed by atoms with Crippen LogP contribution in [0, 0.1) is 5.82 Å². The van der Waals surface area contributed by atoms with E-state index in [1.165, 1.54) is 29.5 Å². The molecule has 1 heterocycles. The molecular formula is C19H20FN5OS. The molecule has 6 nitrogen and oxygen atoms in total. The zero-order valence-corrected chi connectivity index (χ0v) is 16.1. The van der Waals surface area contributed by atoms with Gasteiger partial charge in [-0.3, -0.25) is 4.79 Å². The summed E-state index contributed by atoms with van der Waals surface area (Å²) in [6.07, 6.45) is 0. The van der Waals surface area contributed by atoms with Gasteiger partial charge in [-0.05, 0) is 59.2 Å². The van der Waals surface area contributed by atoms with Crippen molar-refractivity contribution in [3.05, 3.63) is 59.9 Å². The van der Waals surface area contributed by atoms with Gasteiger partial charge in [0.2, 0.25) is 11.1 Å². The summed E-state index contributed by atoms with van der Waals surface area (Å²) < 4.78 is 14.9. The predicted octanol–water partition coefficient (Wildman–Crippen LogP) is 4.04. The molecule has 0 aliphatic rings. The Labute approximate surface area is 161 Å². The topological polar surface area (TPSA) is 72.7 Å². The van der Waals surface area contributed by atoms with Crippen molar-refractivity contribution in [2.45, 2.75) is 37.1 Å². The molecular weight excluding hydrogens is 365 g/mol. The van der Waals surface area contributed by atoms with Crippen molar-refractivity contribution in [2.24, 2.45) is 0 Å². The molecule has 3 rings (SSSR count). The summed E-state index contributed by atoms with van der Waals surface area (Å²) in [7, 11) is 0. The summed E-state index contributed by atoms with van der Waals surface area (Å²) in [6, 6.07) is 13.8. The minimum Gasteiger partial charge on any atom is -0.325 e. The highest BCUT2D eigenvalue weighted by Crippen LogP contribution is 2.25. The maximum atomic E-state index is 13.3. The SMILES string of the molecule is CC(C)c1ccc(-n2nnnc2S[C@@H](C)C(=O)Nc2cccc(F)c2)cc1. The van der Waals surface area contributed by atoms with Crippen LogP contribution in [-0.4, -0.2) is 31.4 Å². The van der Waals surface area contributed by atoms with E-state index in [0.29, 0.717) is 16.8 Å². The summed E-state index contributed by atoms with van der Waals surface area (Å²) in [5.74, 6) is -0.217. The van der Waals surface area contributed by atoms with Gasteiger partial charge >= 0.3 is 0 Å². The van der Waals surface area contributed by atoms with Crippen LogP contribution in [0.25, 0.3) is 5.69 Å². The number of halogens is 1. The van der Waals surface area contributed by atoms with E-state index in [1.54, 1.807) is 23.7 Å². The Morgan fingerprint density at radius 3 is 2.56 bits per heavy atom. The van der Waals surface area contributed by atoms with Crippen molar-refractivity contribution < 1.29 is 9.18 Å². The van der Waals surface area contributed by atoms with Gasteiger partial charge in [0.05, 0.1) is 10.9 Å². The number of rotatable bonds is 6. The number of hydrogen-bond acceptors (Lipinski definition) is 5. The standard InChI is InChI=1S/C19H20FN5OS/c1-12(2)14-7-9-17(10-8-14)25-19(22-23-24-25)27-13(3)18(26)21-16-6-4-5-15(20)11-16/h4-13H,1-3H3,(H,21,26)/t13-/m0/s1. The molecule has 1 N–H and O–H groups in total. The zero-order valence-electron chi connectivity index (χ0n) is 15.3. The second kappa shape index (κ2) is 8.30. The molecule has 0 saturated heterocycles. The number of anilines is 1. The fourth-order valence-electron chi connectivity index (χ4n) is 2.44. The van der Waals surface area contributed by atoms with Gasteiger partial charge in [0.1, 0.15) is 5.82 Å². The largest absolute Gasteiger partial charge is 0.325 e. The third-order valence-corrected chi connectivity index (χ3v) is 5.02. The summed E-state index contributed by atoms with van der Waals surface area (Å²) in [4.78, 5) is 12.4. The number of carbonyl (C=O) groups excluding carboxylic acids is 1. The lowest BCUT2D eigenvalue weighted by Crippen LogP contribution is -2.23. The quantitative estimate of drug-likeness (QED) is 0.648. The number of nitrogens with one attached hydrogen (secondary N) is 1. The van der Waals surface area contributed by atoms with Crippen molar-refractivity contribution in [1.82, 2.24) is 20.2 Å². The van der Waals surface area contributed by atoms with Crippen molar-refractivity contribution in [1.29, 1.82) is 0 Å². The first-order valence-corrected chi connectivity index (χ1v) is 9.44. The van der Waals surface area contributed by atoms with Crippen LogP contribution in [0.4, 0.5) is 10.1 Å². The maximum absolute atomic E-state index is 13.3. The van der Waals surface area contributed by atoms with E-state index in [-0.39, 0.29) is 5.91 Å². The highest BCUT2D eigenvalue weighted by molar-refractivity contribution is 8.00. The second-order valence-electron chi connectivity index (χ2n) is 6.38. The first-order chi connectivity index (χ1) is 12.9. The van der Waals surface area contributed by atoms with E-state index < -0.39 is 11.1 Å². The van der Waals surface area contributed by atoms with Crippen molar-refractivity contribution in [2.75, 3.05) is 5.32 Å². The molecule has 0 radical (unpaired) electrons. The Morgan fingerprint density at radius 2 is 1.89 bits per heavy atom. The third-order valence-electron chi connectivity index (χ3n) is 3.99. The molecule has 3 aromatic rings. The number of tetrazole rings is 1. The lowest BCUT2D eigenvalue weighted by atomic mass is 10.0. The Morgan fingerprint density at radius 1 is 1.15 bits per heavy atom. The minimum atomic E-state index is -0.465. The smallest absolute Gasteiger partial charge is 0.237 e. The van der Waals surface area contributed by atoms with E-state index in [9.17, 15) is 9.18 Å². The van der Waals surface area contributed by atoms with Gasteiger partial charge in [-0.2, -0.15) is 4.68 Å². The lowest BCUT2D eigenvalue weighted by Gasteiger charge is -2.12. The van der Waals surface area contributed by atoms with Gasteiger partial charge in [0, 0.05) is 5.69 Å². The Hall–Kier alpha value is -2.74. The zero-order chi connectivity index (χ0) is 19.4. The molecule has 0 fully saturated rings. The molecule has 0 saturated carbocycles. The van der Waals surface area contributed by atoms with Crippen LogP contribution in [0.2, 0.25) is 0 Å². The van der Waals surface area contributed by atoms with E-state index in [2.05, 4.69) is 34.7 Å². The Balaban J connectivity index is 1.71. The second-order valence-corrected chi connectivity index (χ2v) is 7.69. The summed E-state index contributed by atoms with van der Waals surface area (Å²) in [6.45, 7) is 6.01. The molecule has 140 valence electrons. The van der Waals surface area contributed by atoms with Crippen molar-refractivity contribution in [3.8, 4) is 5.69 Å². The first kappa shape index (κ1) is 19.0. The summed E-state index contributed by atoms with van der Waals surface area (Å²) in [5.41, 5.74) is 2.46. The normalized spacial score (nSPS) is 12.2. The monoisotopic (exact) mass is 385 g/mol. The molecule has 1 atom stereocenters. The lowest BCUT2D eigenvalue weighted by molar-refractivity contribution is -0.115. The molecule has 0 aliphatic carbocycles. The average molecular weight is 385 g/mol. The van der Waals surface area contributed by atoms with Gasteiger partial charge in [0.25, 0.3) is 0 Å². The van der Waals surface area contributed by atoms with E-state index in [0.717, 1.165) is 5.69 Å². The van der Waals surface area contributed by atoms with E-state index >= 15 is 0 Å². The number of amides is 1. The summed E-state index contributed by atoms with van der Waals surface area (Å²) >= 11 is 1.23. The van der Waals surface area contributed by atoms with Crippen LogP contribution >= 0.6 is 11.8 Å². The molecule has 0 bridgehead atoms. The fourth-order valence-corrected chi connectivity index (χ4v) is 3.24. The van der Waals surface area contributed by atoms with Crippen LogP contribution in [0.5, 0.6) is 0 Å². The average Bonchev–Trinajstić information content (AvgIpc) is 3.09. The first-order valence-electron chi connectivity index (χ1n) is 8.56. The van der Waals surface area contributed by atoms with E-state index in [1.807, 2.05) is 24.3 Å². The molecule has 0 aliphatic heterocycles. The molecule has 0 unspecified atom stereocenters. The Kier molecular flexibility index (Phi) is 5.85. The van der Waals surface area contributed by atoms with Crippen LogP contribution in [-0.2, 0) is 4.79 Å².